The molecule has 0 amide bonds. The number of nitrogens with one attached hydrogen (secondary N) is 2. The van der Waals surface area contributed by atoms with Crippen molar-refractivity contribution in [2.75, 3.05) is 37.6 Å². The van der Waals surface area contributed by atoms with Crippen LogP contribution in [0, 0.1) is 6.92 Å². The summed E-state index contributed by atoms with van der Waals surface area (Å²) in [7, 11) is 3.62. The molecular weight excluding hydrogens is 446 g/mol. The molecule has 4 aromatic rings. The third-order valence-electron chi connectivity index (χ3n) is 7.28. The maximum Gasteiger partial charge on any atom is 0.329 e. The first-order valence-corrected chi connectivity index (χ1v) is 12.2. The van der Waals surface area contributed by atoms with Crippen molar-refractivity contribution in [3.05, 3.63) is 56.4 Å². The molecule has 2 N–H and O–H groups in total. The Labute approximate surface area is 202 Å². The number of anilines is 1. The molecule has 0 aliphatic carbocycles. The van der Waals surface area contributed by atoms with Crippen molar-refractivity contribution in [1.29, 1.82) is 0 Å². The van der Waals surface area contributed by atoms with Gasteiger partial charge < -0.3 is 18.9 Å². The molecule has 0 radical (unpaired) electrons. The van der Waals surface area contributed by atoms with E-state index in [-0.39, 0.29) is 5.78 Å². The summed E-state index contributed by atoms with van der Waals surface area (Å²) in [4.78, 5) is 48.5. The van der Waals surface area contributed by atoms with Crippen LogP contribution in [0.5, 0.6) is 0 Å². The SMILES string of the molecule is CCCn1c(N2CC[NH+](CC(=O)c3c(C)n(C)c4ccccc34)CC2)nc2c1c(=O)[nH]c(=O)n2C. The Bertz CT molecular complexity index is 1550. The number of carbonyl (C=O) groups excluding carboxylic acids is 1. The molecule has 1 aliphatic heterocycles. The molecule has 0 unspecified atom stereocenters. The normalized spacial score (nSPS) is 14.9. The first-order valence-electron chi connectivity index (χ1n) is 12.2. The van der Waals surface area contributed by atoms with Gasteiger partial charge >= 0.3 is 5.69 Å². The van der Waals surface area contributed by atoms with Crippen LogP contribution in [0.3, 0.4) is 0 Å². The third-order valence-corrected chi connectivity index (χ3v) is 7.28. The Hall–Kier alpha value is -3.66. The minimum absolute atomic E-state index is 0.169. The number of aryl methyl sites for hydroxylation is 3. The van der Waals surface area contributed by atoms with E-state index in [4.69, 9.17) is 4.98 Å². The molecule has 1 aliphatic rings. The molecule has 1 fully saturated rings. The van der Waals surface area contributed by atoms with Gasteiger partial charge in [-0.2, -0.15) is 4.98 Å². The van der Waals surface area contributed by atoms with E-state index in [1.165, 1.54) is 9.47 Å². The summed E-state index contributed by atoms with van der Waals surface area (Å²) >= 11 is 0. The van der Waals surface area contributed by atoms with Gasteiger partial charge in [0.1, 0.15) is 6.54 Å². The highest BCUT2D eigenvalue weighted by atomic mass is 16.2. The fourth-order valence-electron chi connectivity index (χ4n) is 5.29. The predicted octanol–water partition coefficient (Wildman–Crippen LogP) is 0.221. The minimum Gasteiger partial charge on any atom is -0.347 e. The molecule has 35 heavy (non-hydrogen) atoms. The Morgan fingerprint density at radius 1 is 1.11 bits per heavy atom. The van der Waals surface area contributed by atoms with Crippen LogP contribution in [0.2, 0.25) is 0 Å². The summed E-state index contributed by atoms with van der Waals surface area (Å²) in [5.74, 6) is 0.881. The Balaban J connectivity index is 1.37. The van der Waals surface area contributed by atoms with Crippen LogP contribution in [0.1, 0.15) is 29.4 Å². The third kappa shape index (κ3) is 3.78. The van der Waals surface area contributed by atoms with E-state index in [1.54, 1.807) is 7.05 Å². The number of carbonyl (C=O) groups is 1. The van der Waals surface area contributed by atoms with Gasteiger partial charge in [-0.1, -0.05) is 25.1 Å². The zero-order valence-electron chi connectivity index (χ0n) is 20.7. The average molecular weight is 479 g/mol. The highest BCUT2D eigenvalue weighted by Gasteiger charge is 2.29. The standard InChI is InChI=1S/C25H31N7O3/c1-5-10-32-21-22(29(4)25(35)27-23(21)34)26-24(32)31-13-11-30(12-14-31)15-19(33)20-16(2)28(3)18-9-7-6-8-17(18)20/h6-9H,5,10-15H2,1-4H3,(H,27,34,35)/p+1. The van der Waals surface area contributed by atoms with Crippen LogP contribution in [0.25, 0.3) is 22.1 Å². The van der Waals surface area contributed by atoms with Gasteiger partial charge in [-0.3, -0.25) is 19.1 Å². The van der Waals surface area contributed by atoms with Crippen molar-refractivity contribution < 1.29 is 9.69 Å². The number of hydrogen-bond donors (Lipinski definition) is 2. The number of fused-ring (bicyclic) bond motifs is 2. The number of Topliss-reactive ketones (excluding diaryl/α,β-unsaturated/α-hetero) is 1. The summed E-state index contributed by atoms with van der Waals surface area (Å²) in [6.45, 7) is 8.16. The molecule has 0 bridgehead atoms. The largest absolute Gasteiger partial charge is 0.347 e. The maximum absolute atomic E-state index is 13.3. The van der Waals surface area contributed by atoms with Crippen molar-refractivity contribution in [2.45, 2.75) is 26.8 Å². The van der Waals surface area contributed by atoms with Gasteiger partial charge in [0.15, 0.2) is 11.2 Å². The first-order chi connectivity index (χ1) is 16.8. The van der Waals surface area contributed by atoms with Gasteiger partial charge in [0, 0.05) is 37.2 Å². The molecule has 10 nitrogen and oxygen atoms in total. The number of ketones is 1. The first kappa shape index (κ1) is 23.1. The van der Waals surface area contributed by atoms with Crippen molar-refractivity contribution in [2.24, 2.45) is 14.1 Å². The number of rotatable bonds is 6. The molecule has 1 aromatic carbocycles. The number of nitrogens with zero attached hydrogens (tertiary/aromatic N) is 5. The lowest BCUT2D eigenvalue weighted by Crippen LogP contribution is -3.15. The van der Waals surface area contributed by atoms with Crippen LogP contribution in [-0.4, -0.2) is 62.2 Å². The summed E-state index contributed by atoms with van der Waals surface area (Å²) in [5.41, 5.74) is 2.86. The molecule has 0 spiro atoms. The van der Waals surface area contributed by atoms with E-state index >= 15 is 0 Å². The van der Waals surface area contributed by atoms with E-state index in [1.807, 2.05) is 42.8 Å². The van der Waals surface area contributed by atoms with Crippen LogP contribution in [-0.2, 0) is 20.6 Å². The summed E-state index contributed by atoms with van der Waals surface area (Å²) in [6.07, 6.45) is 0.838. The maximum atomic E-state index is 13.3. The van der Waals surface area contributed by atoms with Crippen LogP contribution >= 0.6 is 0 Å². The summed E-state index contributed by atoms with van der Waals surface area (Å²) in [6, 6.07) is 8.05. The molecule has 3 aromatic heterocycles. The zero-order chi connectivity index (χ0) is 24.9. The highest BCUT2D eigenvalue weighted by Crippen LogP contribution is 2.25. The van der Waals surface area contributed by atoms with Gasteiger partial charge in [0.05, 0.1) is 31.7 Å². The number of imidazole rings is 1. The number of benzene rings is 1. The smallest absolute Gasteiger partial charge is 0.329 e. The van der Waals surface area contributed by atoms with E-state index in [0.717, 1.165) is 54.8 Å². The highest BCUT2D eigenvalue weighted by molar-refractivity contribution is 6.10. The van der Waals surface area contributed by atoms with Crippen molar-refractivity contribution >= 4 is 33.8 Å². The predicted molar refractivity (Wildman–Crippen MR) is 136 cm³/mol. The molecule has 0 saturated carbocycles. The topological polar surface area (TPSA) is 102 Å². The van der Waals surface area contributed by atoms with Crippen molar-refractivity contribution in [3.8, 4) is 0 Å². The fraction of sp³-hybridized carbons (Fsp3) is 0.440. The van der Waals surface area contributed by atoms with Crippen molar-refractivity contribution in [1.82, 2.24) is 23.7 Å². The Morgan fingerprint density at radius 2 is 1.83 bits per heavy atom. The van der Waals surface area contributed by atoms with Gasteiger partial charge in [-0.25, -0.2) is 4.79 Å². The van der Waals surface area contributed by atoms with Gasteiger partial charge in [0.25, 0.3) is 5.56 Å². The molecule has 0 atom stereocenters. The second-order valence-electron chi connectivity index (χ2n) is 9.43. The number of aromatic nitrogens is 5. The Kier molecular flexibility index (Phi) is 5.84. The summed E-state index contributed by atoms with van der Waals surface area (Å²) < 4.78 is 5.39. The lowest BCUT2D eigenvalue weighted by molar-refractivity contribution is -0.892. The minimum atomic E-state index is -0.466. The number of hydrogen-bond acceptors (Lipinski definition) is 5. The Morgan fingerprint density at radius 3 is 2.54 bits per heavy atom. The molecule has 5 rings (SSSR count). The molecule has 10 heteroatoms. The molecule has 184 valence electrons. The van der Waals surface area contributed by atoms with E-state index in [0.29, 0.717) is 30.2 Å². The van der Waals surface area contributed by atoms with Gasteiger partial charge in [-0.15, -0.1) is 0 Å². The fourth-order valence-corrected chi connectivity index (χ4v) is 5.29. The quantitative estimate of drug-likeness (QED) is 0.386. The second kappa shape index (κ2) is 8.84. The lowest BCUT2D eigenvalue weighted by Gasteiger charge is -2.32. The van der Waals surface area contributed by atoms with Gasteiger partial charge in [0.2, 0.25) is 11.7 Å². The van der Waals surface area contributed by atoms with Crippen LogP contribution in [0.15, 0.2) is 33.9 Å². The van der Waals surface area contributed by atoms with E-state index in [2.05, 4.69) is 21.4 Å². The molecular formula is C25H32N7O3+. The summed E-state index contributed by atoms with van der Waals surface area (Å²) in [5, 5.41) is 1.01. The number of aromatic amines is 1. The number of quaternary nitrogens is 1. The van der Waals surface area contributed by atoms with E-state index in [9.17, 15) is 14.4 Å². The van der Waals surface area contributed by atoms with Crippen LogP contribution in [0.4, 0.5) is 5.95 Å². The lowest BCUT2D eigenvalue weighted by atomic mass is 10.1. The number of piperazine rings is 1. The monoisotopic (exact) mass is 478 g/mol. The van der Waals surface area contributed by atoms with Gasteiger partial charge in [-0.05, 0) is 19.4 Å². The number of para-hydroxylation sites is 1. The average Bonchev–Trinajstić information content (AvgIpc) is 3.34. The van der Waals surface area contributed by atoms with E-state index < -0.39 is 11.2 Å². The second-order valence-corrected chi connectivity index (χ2v) is 9.43. The number of H-pyrrole nitrogens is 1. The molecule has 1 saturated heterocycles. The van der Waals surface area contributed by atoms with Crippen molar-refractivity contribution in [3.63, 3.8) is 0 Å². The zero-order valence-corrected chi connectivity index (χ0v) is 20.7. The van der Waals surface area contributed by atoms with Crippen LogP contribution < -0.4 is 21.0 Å². The molecule has 4 heterocycles.